The Morgan fingerprint density at radius 2 is 2.00 bits per heavy atom. The number of anilines is 1. The fraction of sp³-hybridized carbons (Fsp3) is 0.571. The highest BCUT2D eigenvalue weighted by Crippen LogP contribution is 2.29. The summed E-state index contributed by atoms with van der Waals surface area (Å²) in [6, 6.07) is 6.11. The van der Waals surface area contributed by atoms with E-state index in [2.05, 4.69) is 15.1 Å². The molecule has 0 bridgehead atoms. The van der Waals surface area contributed by atoms with Crippen molar-refractivity contribution in [1.82, 2.24) is 10.2 Å². The lowest BCUT2D eigenvalue weighted by Crippen LogP contribution is -2.62. The number of nitro groups is 1. The molecule has 0 aromatic heterocycles. The highest BCUT2D eigenvalue weighted by molar-refractivity contribution is 5.58. The van der Waals surface area contributed by atoms with Crippen LogP contribution in [0.4, 0.5) is 11.4 Å². The molecule has 2 aliphatic rings. The molecule has 20 heavy (non-hydrogen) atoms. The smallest absolute Gasteiger partial charge is 0.274 e. The summed E-state index contributed by atoms with van der Waals surface area (Å²) < 4.78 is 0. The van der Waals surface area contributed by atoms with Gasteiger partial charge in [0.25, 0.3) is 5.69 Å². The lowest BCUT2D eigenvalue weighted by Gasteiger charge is -2.47. The molecule has 6 heteroatoms. The van der Waals surface area contributed by atoms with Gasteiger partial charge in [-0.3, -0.25) is 15.0 Å². The summed E-state index contributed by atoms with van der Waals surface area (Å²) in [6.45, 7) is 8.06. The molecule has 0 amide bonds. The maximum atomic E-state index is 11.0. The van der Waals surface area contributed by atoms with Crippen LogP contribution < -0.4 is 10.2 Å². The fourth-order valence-electron chi connectivity index (χ4n) is 2.94. The van der Waals surface area contributed by atoms with Crippen LogP contribution in [0.5, 0.6) is 0 Å². The van der Waals surface area contributed by atoms with E-state index < -0.39 is 0 Å². The first-order valence-electron chi connectivity index (χ1n) is 7.10. The van der Waals surface area contributed by atoms with E-state index in [-0.39, 0.29) is 10.6 Å². The molecule has 1 aromatic rings. The van der Waals surface area contributed by atoms with Crippen LogP contribution in [-0.2, 0) is 0 Å². The van der Waals surface area contributed by atoms with E-state index in [0.29, 0.717) is 6.04 Å². The number of nitro benzene ring substituents is 1. The Bertz CT molecular complexity index is 508. The molecule has 2 aliphatic heterocycles. The van der Waals surface area contributed by atoms with Gasteiger partial charge >= 0.3 is 0 Å². The zero-order chi connectivity index (χ0) is 14.1. The molecule has 6 nitrogen and oxygen atoms in total. The molecule has 2 heterocycles. The van der Waals surface area contributed by atoms with E-state index in [1.807, 2.05) is 12.1 Å². The van der Waals surface area contributed by atoms with Crippen LogP contribution in [-0.4, -0.2) is 55.1 Å². The van der Waals surface area contributed by atoms with E-state index in [1.165, 1.54) is 0 Å². The zero-order valence-electron chi connectivity index (χ0n) is 11.7. The number of piperazine rings is 1. The normalized spacial score (nSPS) is 20.8. The summed E-state index contributed by atoms with van der Waals surface area (Å²) in [6.07, 6.45) is 0. The molecule has 108 valence electrons. The Morgan fingerprint density at radius 1 is 1.30 bits per heavy atom. The van der Waals surface area contributed by atoms with Crippen molar-refractivity contribution in [3.8, 4) is 0 Å². The Kier molecular flexibility index (Phi) is 3.58. The Balaban J connectivity index is 1.64. The van der Waals surface area contributed by atoms with Crippen LogP contribution >= 0.6 is 0 Å². The van der Waals surface area contributed by atoms with E-state index >= 15 is 0 Å². The highest BCUT2D eigenvalue weighted by atomic mass is 16.6. The number of rotatable bonds is 3. The first-order valence-corrected chi connectivity index (χ1v) is 7.10. The molecule has 3 rings (SSSR count). The fourth-order valence-corrected chi connectivity index (χ4v) is 2.94. The van der Waals surface area contributed by atoms with Crippen molar-refractivity contribution in [2.75, 3.05) is 44.2 Å². The number of benzene rings is 1. The van der Waals surface area contributed by atoms with Gasteiger partial charge in [-0.25, -0.2) is 0 Å². The highest BCUT2D eigenvalue weighted by Gasteiger charge is 2.33. The van der Waals surface area contributed by atoms with Crippen molar-refractivity contribution in [1.29, 1.82) is 0 Å². The number of nitrogens with one attached hydrogen (secondary N) is 1. The summed E-state index contributed by atoms with van der Waals surface area (Å²) in [5.41, 5.74) is 1.90. The van der Waals surface area contributed by atoms with Crippen LogP contribution in [0.15, 0.2) is 18.2 Å². The van der Waals surface area contributed by atoms with Crippen molar-refractivity contribution in [3.05, 3.63) is 33.9 Å². The summed E-state index contributed by atoms with van der Waals surface area (Å²) >= 11 is 0. The topological polar surface area (TPSA) is 61.6 Å². The second-order valence-corrected chi connectivity index (χ2v) is 5.57. The summed E-state index contributed by atoms with van der Waals surface area (Å²) in [5.74, 6) is 0. The van der Waals surface area contributed by atoms with Crippen molar-refractivity contribution in [2.45, 2.75) is 13.0 Å². The Morgan fingerprint density at radius 3 is 2.65 bits per heavy atom. The van der Waals surface area contributed by atoms with Gasteiger partial charge in [0.05, 0.1) is 4.92 Å². The van der Waals surface area contributed by atoms with Gasteiger partial charge in [-0.1, -0.05) is 6.07 Å². The number of hydrogen-bond donors (Lipinski definition) is 1. The van der Waals surface area contributed by atoms with Gasteiger partial charge < -0.3 is 10.2 Å². The Hall–Kier alpha value is -1.66. The van der Waals surface area contributed by atoms with E-state index in [9.17, 15) is 10.1 Å². The molecule has 0 spiro atoms. The summed E-state index contributed by atoms with van der Waals surface area (Å²) in [7, 11) is 0. The van der Waals surface area contributed by atoms with Gasteiger partial charge in [0.1, 0.15) is 0 Å². The molecular weight excluding hydrogens is 256 g/mol. The van der Waals surface area contributed by atoms with Crippen LogP contribution in [0.2, 0.25) is 0 Å². The van der Waals surface area contributed by atoms with Crippen molar-refractivity contribution < 1.29 is 4.92 Å². The molecule has 1 aromatic carbocycles. The minimum Gasteiger partial charge on any atom is -0.368 e. The number of aryl methyl sites for hydroxylation is 1. The van der Waals surface area contributed by atoms with Gasteiger partial charge in [0, 0.05) is 62.6 Å². The predicted molar refractivity (Wildman–Crippen MR) is 78.3 cm³/mol. The minimum atomic E-state index is -0.299. The summed E-state index contributed by atoms with van der Waals surface area (Å²) in [5, 5.41) is 14.3. The maximum Gasteiger partial charge on any atom is 0.274 e. The third-order valence-electron chi connectivity index (χ3n) is 4.28. The molecule has 0 radical (unpaired) electrons. The van der Waals surface area contributed by atoms with Crippen LogP contribution in [0.25, 0.3) is 0 Å². The van der Waals surface area contributed by atoms with E-state index in [4.69, 9.17) is 0 Å². The zero-order valence-corrected chi connectivity index (χ0v) is 11.7. The van der Waals surface area contributed by atoms with Crippen LogP contribution in [0.1, 0.15) is 5.56 Å². The SMILES string of the molecule is Cc1ccc(N2CC(N3CCNCC3)C2)cc1[N+](=O)[O-]. The first-order chi connectivity index (χ1) is 9.65. The van der Waals surface area contributed by atoms with Crippen molar-refractivity contribution in [2.24, 2.45) is 0 Å². The third-order valence-corrected chi connectivity index (χ3v) is 4.28. The molecule has 0 aliphatic carbocycles. The maximum absolute atomic E-state index is 11.0. The average Bonchev–Trinajstić information content (AvgIpc) is 2.40. The lowest BCUT2D eigenvalue weighted by molar-refractivity contribution is -0.385. The van der Waals surface area contributed by atoms with Gasteiger partial charge in [0.2, 0.25) is 0 Å². The van der Waals surface area contributed by atoms with Crippen molar-refractivity contribution >= 4 is 11.4 Å². The van der Waals surface area contributed by atoms with Crippen LogP contribution in [0, 0.1) is 17.0 Å². The number of hydrogen-bond acceptors (Lipinski definition) is 5. The second-order valence-electron chi connectivity index (χ2n) is 5.57. The van der Waals surface area contributed by atoms with E-state index in [1.54, 1.807) is 13.0 Å². The molecule has 1 N–H and O–H groups in total. The molecule has 2 saturated heterocycles. The third kappa shape index (κ3) is 2.48. The van der Waals surface area contributed by atoms with Gasteiger partial charge in [-0.2, -0.15) is 0 Å². The first kappa shape index (κ1) is 13.3. The molecule has 0 atom stereocenters. The van der Waals surface area contributed by atoms with E-state index in [0.717, 1.165) is 50.5 Å². The average molecular weight is 276 g/mol. The lowest BCUT2D eigenvalue weighted by atomic mass is 10.0. The molecule has 2 fully saturated rings. The number of nitrogens with zero attached hydrogens (tertiary/aromatic N) is 3. The predicted octanol–water partition coefficient (Wildman–Crippen LogP) is 0.997. The minimum absolute atomic E-state index is 0.216. The second kappa shape index (κ2) is 5.38. The quantitative estimate of drug-likeness (QED) is 0.659. The molecule has 0 unspecified atom stereocenters. The van der Waals surface area contributed by atoms with Crippen molar-refractivity contribution in [3.63, 3.8) is 0 Å². The van der Waals surface area contributed by atoms with Gasteiger partial charge in [-0.15, -0.1) is 0 Å². The molecule has 0 saturated carbocycles. The monoisotopic (exact) mass is 276 g/mol. The Labute approximate surface area is 118 Å². The van der Waals surface area contributed by atoms with Gasteiger partial charge in [-0.05, 0) is 13.0 Å². The van der Waals surface area contributed by atoms with Crippen LogP contribution in [0.3, 0.4) is 0 Å². The van der Waals surface area contributed by atoms with Gasteiger partial charge in [0.15, 0.2) is 0 Å². The summed E-state index contributed by atoms with van der Waals surface area (Å²) in [4.78, 5) is 15.4. The largest absolute Gasteiger partial charge is 0.368 e. The standard InChI is InChI=1S/C14H20N4O2/c1-11-2-3-12(8-14(11)18(19)20)17-9-13(10-17)16-6-4-15-5-7-16/h2-3,8,13,15H,4-7,9-10H2,1H3. The molecular formula is C14H20N4O2.